The molecule has 122 valence electrons. The Bertz CT molecular complexity index is 498. The Hall–Kier alpha value is -1.39. The lowest BCUT2D eigenvalue weighted by Crippen LogP contribution is -2.42. The first-order chi connectivity index (χ1) is 10.5. The van der Waals surface area contributed by atoms with Gasteiger partial charge in [0.05, 0.1) is 6.54 Å². The van der Waals surface area contributed by atoms with Crippen LogP contribution < -0.4 is 10.6 Å². The number of hydrogen-bond acceptors (Lipinski definition) is 3. The number of nitrogens with one attached hydrogen (secondary N) is 2. The summed E-state index contributed by atoms with van der Waals surface area (Å²) in [6.07, 6.45) is 2.21. The summed E-state index contributed by atoms with van der Waals surface area (Å²) in [6, 6.07) is 4.73. The zero-order chi connectivity index (χ0) is 16.1. The third kappa shape index (κ3) is 4.31. The van der Waals surface area contributed by atoms with Crippen molar-refractivity contribution in [3.8, 4) is 0 Å². The second-order valence-corrected chi connectivity index (χ2v) is 6.44. The van der Waals surface area contributed by atoms with Crippen molar-refractivity contribution in [1.29, 1.82) is 0 Å². The van der Waals surface area contributed by atoms with Gasteiger partial charge in [-0.15, -0.1) is 0 Å². The summed E-state index contributed by atoms with van der Waals surface area (Å²) in [5, 5.41) is 6.50. The molecule has 1 atom stereocenters. The maximum atomic E-state index is 12.5. The summed E-state index contributed by atoms with van der Waals surface area (Å²) >= 11 is 0. The van der Waals surface area contributed by atoms with Crippen LogP contribution in [0, 0.1) is 20.8 Å². The number of carbonyl (C=O) groups excluding carboxylic acids is 1. The van der Waals surface area contributed by atoms with E-state index in [2.05, 4.69) is 55.4 Å². The van der Waals surface area contributed by atoms with Crippen LogP contribution in [0.1, 0.15) is 36.5 Å². The highest BCUT2D eigenvalue weighted by Crippen LogP contribution is 2.22. The molecular weight excluding hydrogens is 274 g/mol. The van der Waals surface area contributed by atoms with Crippen molar-refractivity contribution < 1.29 is 4.79 Å². The average Bonchev–Trinajstić information content (AvgIpc) is 2.96. The topological polar surface area (TPSA) is 44.4 Å². The Morgan fingerprint density at radius 2 is 2.00 bits per heavy atom. The minimum Gasteiger partial charge on any atom is -0.324 e. The van der Waals surface area contributed by atoms with E-state index in [9.17, 15) is 4.79 Å². The lowest BCUT2D eigenvalue weighted by molar-refractivity contribution is -0.117. The molecule has 1 unspecified atom stereocenters. The largest absolute Gasteiger partial charge is 0.324 e. The molecule has 1 aliphatic rings. The maximum absolute atomic E-state index is 12.5. The van der Waals surface area contributed by atoms with Gasteiger partial charge in [0.2, 0.25) is 5.91 Å². The highest BCUT2D eigenvalue weighted by atomic mass is 16.2. The van der Waals surface area contributed by atoms with Crippen molar-refractivity contribution in [2.24, 2.45) is 0 Å². The first-order valence-corrected chi connectivity index (χ1v) is 8.33. The van der Waals surface area contributed by atoms with Gasteiger partial charge < -0.3 is 10.6 Å². The summed E-state index contributed by atoms with van der Waals surface area (Å²) < 4.78 is 0. The number of nitrogens with zero attached hydrogens (tertiary/aromatic N) is 1. The highest BCUT2D eigenvalue weighted by Gasteiger charge is 2.23. The Balaban J connectivity index is 2.02. The van der Waals surface area contributed by atoms with Gasteiger partial charge >= 0.3 is 0 Å². The van der Waals surface area contributed by atoms with Crippen LogP contribution in [-0.4, -0.2) is 43.0 Å². The van der Waals surface area contributed by atoms with Gasteiger partial charge in [-0.2, -0.15) is 0 Å². The molecule has 1 heterocycles. The normalized spacial score (nSPS) is 18.0. The molecule has 0 saturated carbocycles. The summed E-state index contributed by atoms with van der Waals surface area (Å²) in [5.41, 5.74) is 4.47. The molecule has 22 heavy (non-hydrogen) atoms. The van der Waals surface area contributed by atoms with Crippen molar-refractivity contribution in [3.05, 3.63) is 28.8 Å². The summed E-state index contributed by atoms with van der Waals surface area (Å²) in [5.74, 6) is 0.0930. The van der Waals surface area contributed by atoms with Gasteiger partial charge in [-0.1, -0.05) is 24.6 Å². The molecule has 0 radical (unpaired) electrons. The van der Waals surface area contributed by atoms with Crippen molar-refractivity contribution >= 4 is 11.6 Å². The number of amides is 1. The second kappa shape index (κ2) is 7.75. The quantitative estimate of drug-likeness (QED) is 0.849. The fraction of sp³-hybridized carbons (Fsp3) is 0.611. The SMILES string of the molecule is CCCN(CC(=O)Nc1c(C)cc(C)cc1C)C1CCNC1. The lowest BCUT2D eigenvalue weighted by atomic mass is 10.1. The van der Waals surface area contributed by atoms with Gasteiger partial charge in [-0.05, 0) is 57.8 Å². The maximum Gasteiger partial charge on any atom is 0.238 e. The van der Waals surface area contributed by atoms with E-state index in [1.54, 1.807) is 0 Å². The number of aryl methyl sites for hydroxylation is 3. The predicted molar refractivity (Wildman–Crippen MR) is 92.4 cm³/mol. The van der Waals surface area contributed by atoms with Gasteiger partial charge in [0.15, 0.2) is 0 Å². The molecule has 1 aliphatic heterocycles. The third-order valence-electron chi connectivity index (χ3n) is 4.35. The van der Waals surface area contributed by atoms with Crippen molar-refractivity contribution in [3.63, 3.8) is 0 Å². The number of rotatable bonds is 6. The summed E-state index contributed by atoms with van der Waals surface area (Å²) in [6.45, 7) is 11.9. The van der Waals surface area contributed by atoms with Crippen LogP contribution >= 0.6 is 0 Å². The first-order valence-electron chi connectivity index (χ1n) is 8.33. The first kappa shape index (κ1) is 17.0. The molecule has 2 N–H and O–H groups in total. The van der Waals surface area contributed by atoms with Crippen LogP contribution in [0.5, 0.6) is 0 Å². The lowest BCUT2D eigenvalue weighted by Gasteiger charge is -2.27. The Morgan fingerprint density at radius 3 is 2.55 bits per heavy atom. The molecular formula is C18H29N3O. The van der Waals surface area contributed by atoms with Crippen LogP contribution in [0.25, 0.3) is 0 Å². The molecule has 0 bridgehead atoms. The van der Waals surface area contributed by atoms with Gasteiger partial charge in [0, 0.05) is 18.3 Å². The third-order valence-corrected chi connectivity index (χ3v) is 4.35. The van der Waals surface area contributed by atoms with Crippen LogP contribution in [-0.2, 0) is 4.79 Å². The molecule has 4 nitrogen and oxygen atoms in total. The Morgan fingerprint density at radius 1 is 1.32 bits per heavy atom. The molecule has 1 saturated heterocycles. The number of hydrogen-bond donors (Lipinski definition) is 2. The van der Waals surface area contributed by atoms with E-state index in [-0.39, 0.29) is 5.91 Å². The highest BCUT2D eigenvalue weighted by molar-refractivity contribution is 5.93. The molecule has 1 aromatic carbocycles. The van der Waals surface area contributed by atoms with Crippen molar-refractivity contribution in [2.45, 2.75) is 46.6 Å². The van der Waals surface area contributed by atoms with Crippen LogP contribution in [0.4, 0.5) is 5.69 Å². The Kier molecular flexibility index (Phi) is 5.98. The Labute approximate surface area is 134 Å². The fourth-order valence-corrected chi connectivity index (χ4v) is 3.37. The van der Waals surface area contributed by atoms with E-state index in [1.807, 2.05) is 0 Å². The monoisotopic (exact) mass is 303 g/mol. The van der Waals surface area contributed by atoms with Crippen LogP contribution in [0.2, 0.25) is 0 Å². The van der Waals surface area contributed by atoms with Crippen LogP contribution in [0.3, 0.4) is 0 Å². The molecule has 2 rings (SSSR count). The molecule has 0 spiro atoms. The van der Waals surface area contributed by atoms with Crippen molar-refractivity contribution in [1.82, 2.24) is 10.2 Å². The van der Waals surface area contributed by atoms with Crippen molar-refractivity contribution in [2.75, 3.05) is 31.5 Å². The number of carbonyl (C=O) groups is 1. The predicted octanol–water partition coefficient (Wildman–Crippen LogP) is 2.62. The average molecular weight is 303 g/mol. The molecule has 4 heteroatoms. The van der Waals surface area contributed by atoms with Gasteiger partial charge in [-0.3, -0.25) is 9.69 Å². The standard InChI is InChI=1S/C18H29N3O/c1-5-8-21(16-6-7-19-11-16)12-17(22)20-18-14(3)9-13(2)10-15(18)4/h9-10,16,19H,5-8,11-12H2,1-4H3,(H,20,22). The van der Waals surface area contributed by atoms with Gasteiger partial charge in [0.1, 0.15) is 0 Å². The van der Waals surface area contributed by atoms with Gasteiger partial charge in [-0.25, -0.2) is 0 Å². The minimum absolute atomic E-state index is 0.0930. The van der Waals surface area contributed by atoms with E-state index in [0.717, 1.165) is 49.3 Å². The second-order valence-electron chi connectivity index (χ2n) is 6.44. The van der Waals surface area contributed by atoms with Crippen LogP contribution in [0.15, 0.2) is 12.1 Å². The fourth-order valence-electron chi connectivity index (χ4n) is 3.37. The smallest absolute Gasteiger partial charge is 0.238 e. The van der Waals surface area contributed by atoms with E-state index in [0.29, 0.717) is 12.6 Å². The van der Waals surface area contributed by atoms with Gasteiger partial charge in [0.25, 0.3) is 0 Å². The molecule has 1 aromatic rings. The molecule has 0 aliphatic carbocycles. The minimum atomic E-state index is 0.0930. The zero-order valence-electron chi connectivity index (χ0n) is 14.3. The summed E-state index contributed by atoms with van der Waals surface area (Å²) in [7, 11) is 0. The molecule has 1 fully saturated rings. The van der Waals surface area contributed by atoms with E-state index in [4.69, 9.17) is 0 Å². The molecule has 0 aromatic heterocycles. The number of anilines is 1. The van der Waals surface area contributed by atoms with E-state index < -0.39 is 0 Å². The van der Waals surface area contributed by atoms with E-state index in [1.165, 1.54) is 5.56 Å². The van der Waals surface area contributed by atoms with E-state index >= 15 is 0 Å². The molecule has 1 amide bonds. The number of benzene rings is 1. The summed E-state index contributed by atoms with van der Waals surface area (Å²) in [4.78, 5) is 14.8. The zero-order valence-corrected chi connectivity index (χ0v) is 14.3.